The first-order valence-electron chi connectivity index (χ1n) is 6.89. The van der Waals surface area contributed by atoms with E-state index in [0.717, 1.165) is 11.1 Å². The zero-order valence-electron chi connectivity index (χ0n) is 12.5. The van der Waals surface area contributed by atoms with Gasteiger partial charge in [0, 0.05) is 5.57 Å². The molecule has 0 unspecified atom stereocenters. The third kappa shape index (κ3) is 4.97. The predicted octanol–water partition coefficient (Wildman–Crippen LogP) is 3.92. The molecule has 118 valence electrons. The average Bonchev–Trinajstić information content (AvgIpc) is 2.53. The Morgan fingerprint density at radius 1 is 1.17 bits per heavy atom. The summed E-state index contributed by atoms with van der Waals surface area (Å²) in [5.41, 5.74) is 2.39. The minimum absolute atomic E-state index is 0.0882. The number of phenols is 1. The lowest BCUT2D eigenvalue weighted by Gasteiger charge is -2.06. The summed E-state index contributed by atoms with van der Waals surface area (Å²) in [6, 6.07) is 13.1. The average molecular weight is 331 g/mol. The van der Waals surface area contributed by atoms with Crippen LogP contribution in [0.3, 0.4) is 0 Å². The highest BCUT2D eigenvalue weighted by molar-refractivity contribution is 6.68. The smallest absolute Gasteiger partial charge is 0.338 e. The summed E-state index contributed by atoms with van der Waals surface area (Å²) >= 11 is 5.41. The van der Waals surface area contributed by atoms with Crippen molar-refractivity contribution in [3.8, 4) is 5.75 Å². The number of halogens is 1. The van der Waals surface area contributed by atoms with Crippen molar-refractivity contribution in [3.63, 3.8) is 0 Å². The number of benzene rings is 2. The molecule has 23 heavy (non-hydrogen) atoms. The Labute approximate surface area is 139 Å². The molecule has 0 aliphatic heterocycles. The molecular formula is C18H15ClO4. The van der Waals surface area contributed by atoms with Crippen molar-refractivity contribution < 1.29 is 19.4 Å². The van der Waals surface area contributed by atoms with Crippen molar-refractivity contribution in [3.05, 3.63) is 70.8 Å². The lowest BCUT2D eigenvalue weighted by atomic mass is 10.1. The van der Waals surface area contributed by atoms with Gasteiger partial charge in [0.05, 0.1) is 5.56 Å². The number of allylic oxidation sites excluding steroid dienone is 1. The van der Waals surface area contributed by atoms with Crippen LogP contribution in [0.25, 0.3) is 6.08 Å². The minimum atomic E-state index is -0.505. The fourth-order valence-corrected chi connectivity index (χ4v) is 1.96. The van der Waals surface area contributed by atoms with E-state index in [-0.39, 0.29) is 12.4 Å². The van der Waals surface area contributed by atoms with Gasteiger partial charge in [-0.3, -0.25) is 4.79 Å². The highest BCUT2D eigenvalue weighted by atomic mass is 35.5. The third-order valence-corrected chi connectivity index (χ3v) is 3.42. The fourth-order valence-electron chi connectivity index (χ4n) is 1.91. The Morgan fingerprint density at radius 3 is 2.52 bits per heavy atom. The fraction of sp³-hybridized carbons (Fsp3) is 0.111. The number of hydrogen-bond acceptors (Lipinski definition) is 4. The SMILES string of the molecule is C/C(=C/c1cccc(COC(=O)c2ccc(O)cc2)c1)C(=O)Cl. The molecule has 0 aliphatic rings. The Balaban J connectivity index is 2.03. The van der Waals surface area contributed by atoms with Crippen LogP contribution in [0.5, 0.6) is 5.75 Å². The standard InChI is InChI=1S/C18H15ClO4/c1-12(17(19)21)9-13-3-2-4-14(10-13)11-23-18(22)15-5-7-16(20)8-6-15/h2-10,20H,11H2,1H3/b12-9-. The second-order valence-corrected chi connectivity index (χ2v) is 5.31. The van der Waals surface area contributed by atoms with Gasteiger partial charge in [-0.1, -0.05) is 18.2 Å². The van der Waals surface area contributed by atoms with Crippen molar-refractivity contribution in [1.82, 2.24) is 0 Å². The summed E-state index contributed by atoms with van der Waals surface area (Å²) in [6.07, 6.45) is 1.67. The van der Waals surface area contributed by atoms with E-state index in [0.29, 0.717) is 11.1 Å². The second kappa shape index (κ2) is 7.61. The zero-order valence-corrected chi connectivity index (χ0v) is 13.2. The van der Waals surface area contributed by atoms with E-state index in [1.807, 2.05) is 24.3 Å². The normalized spacial score (nSPS) is 11.1. The molecule has 1 N–H and O–H groups in total. The summed E-state index contributed by atoms with van der Waals surface area (Å²) in [7, 11) is 0. The summed E-state index contributed by atoms with van der Waals surface area (Å²) in [4.78, 5) is 22.9. The van der Waals surface area contributed by atoms with Crippen LogP contribution in [0.4, 0.5) is 0 Å². The Kier molecular flexibility index (Phi) is 5.55. The van der Waals surface area contributed by atoms with E-state index >= 15 is 0 Å². The van der Waals surface area contributed by atoms with Gasteiger partial charge in [0.2, 0.25) is 5.24 Å². The van der Waals surface area contributed by atoms with Gasteiger partial charge in [0.25, 0.3) is 0 Å². The number of carbonyl (C=O) groups is 2. The van der Waals surface area contributed by atoms with E-state index in [4.69, 9.17) is 16.3 Å². The van der Waals surface area contributed by atoms with Crippen LogP contribution < -0.4 is 0 Å². The van der Waals surface area contributed by atoms with Crippen LogP contribution in [0, 0.1) is 0 Å². The van der Waals surface area contributed by atoms with Crippen LogP contribution in [-0.4, -0.2) is 16.3 Å². The summed E-state index contributed by atoms with van der Waals surface area (Å²) in [6.45, 7) is 1.74. The van der Waals surface area contributed by atoms with Gasteiger partial charge >= 0.3 is 5.97 Å². The number of esters is 1. The molecule has 0 aromatic heterocycles. The topological polar surface area (TPSA) is 63.6 Å². The Morgan fingerprint density at radius 2 is 1.87 bits per heavy atom. The lowest BCUT2D eigenvalue weighted by Crippen LogP contribution is -2.05. The van der Waals surface area contributed by atoms with Crippen molar-refractivity contribution in [1.29, 1.82) is 0 Å². The molecule has 0 saturated heterocycles. The first-order chi connectivity index (χ1) is 11.0. The Bertz CT molecular complexity index is 748. The quantitative estimate of drug-likeness (QED) is 0.513. The molecule has 4 nitrogen and oxygen atoms in total. The van der Waals surface area contributed by atoms with Crippen LogP contribution >= 0.6 is 11.6 Å². The van der Waals surface area contributed by atoms with E-state index in [2.05, 4.69) is 0 Å². The molecule has 0 bridgehead atoms. The number of carbonyl (C=O) groups excluding carboxylic acids is 2. The molecule has 0 spiro atoms. The maximum atomic E-state index is 11.9. The Hall–Kier alpha value is -2.59. The number of ether oxygens (including phenoxy) is 1. The zero-order chi connectivity index (χ0) is 16.8. The second-order valence-electron chi connectivity index (χ2n) is 4.97. The number of hydrogen-bond donors (Lipinski definition) is 1. The molecule has 0 fully saturated rings. The third-order valence-electron chi connectivity index (χ3n) is 3.12. The molecule has 2 aromatic rings. The van der Waals surface area contributed by atoms with Crippen molar-refractivity contribution >= 4 is 28.9 Å². The highest BCUT2D eigenvalue weighted by Crippen LogP contribution is 2.14. The lowest BCUT2D eigenvalue weighted by molar-refractivity contribution is -0.108. The van der Waals surface area contributed by atoms with E-state index in [1.165, 1.54) is 24.3 Å². The van der Waals surface area contributed by atoms with Gasteiger partial charge in [0.15, 0.2) is 0 Å². The molecule has 0 atom stereocenters. The molecule has 0 aliphatic carbocycles. The summed E-state index contributed by atoms with van der Waals surface area (Å²) in [5.74, 6) is -0.386. The van der Waals surface area contributed by atoms with E-state index < -0.39 is 11.2 Å². The first kappa shape index (κ1) is 16.8. The molecule has 5 heteroatoms. The van der Waals surface area contributed by atoms with Crippen molar-refractivity contribution in [2.45, 2.75) is 13.5 Å². The number of rotatable bonds is 5. The number of phenolic OH excluding ortho intramolecular Hbond substituents is 1. The molecular weight excluding hydrogens is 316 g/mol. The molecule has 0 radical (unpaired) electrons. The summed E-state index contributed by atoms with van der Waals surface area (Å²) < 4.78 is 5.23. The largest absolute Gasteiger partial charge is 0.508 e. The predicted molar refractivity (Wildman–Crippen MR) is 88.2 cm³/mol. The van der Waals surface area contributed by atoms with Gasteiger partial charge in [0.1, 0.15) is 12.4 Å². The molecule has 0 heterocycles. The van der Waals surface area contributed by atoms with Crippen molar-refractivity contribution in [2.75, 3.05) is 0 Å². The van der Waals surface area contributed by atoms with Crippen LogP contribution in [0.15, 0.2) is 54.1 Å². The molecule has 2 aromatic carbocycles. The maximum absolute atomic E-state index is 11.9. The van der Waals surface area contributed by atoms with Gasteiger partial charge in [-0.2, -0.15) is 0 Å². The van der Waals surface area contributed by atoms with Gasteiger partial charge in [-0.15, -0.1) is 0 Å². The molecule has 0 saturated carbocycles. The van der Waals surface area contributed by atoms with Crippen LogP contribution in [0.2, 0.25) is 0 Å². The van der Waals surface area contributed by atoms with E-state index in [1.54, 1.807) is 13.0 Å². The van der Waals surface area contributed by atoms with Gasteiger partial charge < -0.3 is 9.84 Å². The van der Waals surface area contributed by atoms with Gasteiger partial charge in [-0.05, 0) is 66.1 Å². The molecule has 2 rings (SSSR count). The maximum Gasteiger partial charge on any atom is 0.338 e. The van der Waals surface area contributed by atoms with Crippen LogP contribution in [0.1, 0.15) is 28.4 Å². The minimum Gasteiger partial charge on any atom is -0.508 e. The first-order valence-corrected chi connectivity index (χ1v) is 7.27. The highest BCUT2D eigenvalue weighted by Gasteiger charge is 2.07. The number of aromatic hydroxyl groups is 1. The van der Waals surface area contributed by atoms with Crippen molar-refractivity contribution in [2.24, 2.45) is 0 Å². The van der Waals surface area contributed by atoms with Gasteiger partial charge in [-0.25, -0.2) is 4.79 Å². The molecule has 0 amide bonds. The monoisotopic (exact) mass is 330 g/mol. The van der Waals surface area contributed by atoms with E-state index in [9.17, 15) is 14.7 Å². The summed E-state index contributed by atoms with van der Waals surface area (Å²) in [5, 5.41) is 8.69. The van der Waals surface area contributed by atoms with Crippen LogP contribution in [-0.2, 0) is 16.1 Å².